The highest BCUT2D eigenvalue weighted by atomic mass is 16.5. The van der Waals surface area contributed by atoms with Gasteiger partial charge >= 0.3 is 0 Å². The average Bonchev–Trinajstić information content (AvgIpc) is 3.22. The number of likely N-dealkylation sites (tertiary alicyclic amines) is 1. The number of nitrogens with zero attached hydrogens (tertiary/aromatic N) is 1. The van der Waals surface area contributed by atoms with Crippen LogP contribution in [-0.2, 0) is 14.3 Å². The summed E-state index contributed by atoms with van der Waals surface area (Å²) in [6.07, 6.45) is 4.58. The molecule has 1 N–H and O–H groups in total. The largest absolute Gasteiger partial charge is 0.472 e. The van der Waals surface area contributed by atoms with E-state index in [4.69, 9.17) is 9.15 Å². The molecule has 2 amide bonds. The summed E-state index contributed by atoms with van der Waals surface area (Å²) in [6.45, 7) is 6.61. The van der Waals surface area contributed by atoms with Crippen molar-refractivity contribution in [1.29, 1.82) is 0 Å². The zero-order valence-electron chi connectivity index (χ0n) is 15.5. The second kappa shape index (κ2) is 7.23. The summed E-state index contributed by atoms with van der Waals surface area (Å²) in [5.41, 5.74) is 0.198. The molecule has 0 unspecified atom stereocenters. The van der Waals surface area contributed by atoms with Gasteiger partial charge in [0, 0.05) is 6.54 Å². The van der Waals surface area contributed by atoms with Crippen LogP contribution in [0.25, 0.3) is 0 Å². The molecule has 3 heterocycles. The molecule has 3 rings (SSSR count). The Kier molecular flexibility index (Phi) is 5.18. The summed E-state index contributed by atoms with van der Waals surface area (Å²) in [6, 6.07) is 0.327. The first-order valence-electron chi connectivity index (χ1n) is 9.04. The van der Waals surface area contributed by atoms with E-state index >= 15 is 0 Å². The lowest BCUT2D eigenvalue weighted by Crippen LogP contribution is -2.58. The summed E-state index contributed by atoms with van der Waals surface area (Å²) in [7, 11) is 0. The van der Waals surface area contributed by atoms with Gasteiger partial charge in [-0.15, -0.1) is 0 Å². The maximum absolute atomic E-state index is 13.2. The lowest BCUT2D eigenvalue weighted by molar-refractivity contribution is -0.143. The molecule has 0 aromatic carbocycles. The van der Waals surface area contributed by atoms with Gasteiger partial charge in [-0.25, -0.2) is 0 Å². The number of Topliss-reactive ketones (excluding diaryl/α,β-unsaturated/α-hetero) is 1. The van der Waals surface area contributed by atoms with Crippen LogP contribution in [-0.4, -0.2) is 53.8 Å². The normalized spacial score (nSPS) is 24.3. The molecule has 7 nitrogen and oxygen atoms in total. The van der Waals surface area contributed by atoms with E-state index in [0.717, 1.165) is 12.8 Å². The van der Waals surface area contributed by atoms with E-state index in [1.54, 1.807) is 11.0 Å². The van der Waals surface area contributed by atoms with Crippen LogP contribution in [0.3, 0.4) is 0 Å². The molecule has 0 radical (unpaired) electrons. The lowest BCUT2D eigenvalue weighted by atomic mass is 9.86. The van der Waals surface area contributed by atoms with E-state index in [1.807, 2.05) is 20.8 Å². The average molecular weight is 362 g/mol. The number of nitrogens with one attached hydrogen (secondary N) is 1. The fraction of sp³-hybridized carbons (Fsp3) is 0.632. The topological polar surface area (TPSA) is 88.8 Å². The number of furan rings is 1. The number of rotatable bonds is 4. The summed E-state index contributed by atoms with van der Waals surface area (Å²) >= 11 is 0. The van der Waals surface area contributed by atoms with E-state index in [2.05, 4.69) is 5.32 Å². The molecular weight excluding hydrogens is 336 g/mol. The molecule has 142 valence electrons. The molecule has 1 aromatic rings. The van der Waals surface area contributed by atoms with Crippen molar-refractivity contribution < 1.29 is 23.5 Å². The van der Waals surface area contributed by atoms with Crippen molar-refractivity contribution in [3.05, 3.63) is 24.2 Å². The molecule has 2 fully saturated rings. The second-order valence-electron chi connectivity index (χ2n) is 8.24. The van der Waals surface area contributed by atoms with Crippen molar-refractivity contribution in [3.8, 4) is 0 Å². The van der Waals surface area contributed by atoms with Crippen molar-refractivity contribution in [2.75, 3.05) is 13.2 Å². The zero-order chi connectivity index (χ0) is 18.9. The summed E-state index contributed by atoms with van der Waals surface area (Å²) in [5.74, 6) is -0.632. The van der Waals surface area contributed by atoms with Crippen LogP contribution in [0, 0.1) is 5.41 Å². The van der Waals surface area contributed by atoms with Gasteiger partial charge in [-0.2, -0.15) is 0 Å². The number of carbonyl (C=O) groups is 3. The highest BCUT2D eigenvalue weighted by Crippen LogP contribution is 2.29. The first-order valence-corrected chi connectivity index (χ1v) is 9.04. The Hall–Kier alpha value is -2.15. The van der Waals surface area contributed by atoms with E-state index in [-0.39, 0.29) is 35.7 Å². The molecule has 0 aliphatic carbocycles. The van der Waals surface area contributed by atoms with Crippen LogP contribution in [0.2, 0.25) is 0 Å². The number of hydrogen-bond donors (Lipinski definition) is 1. The number of ketones is 1. The number of piperidine rings is 1. The zero-order valence-corrected chi connectivity index (χ0v) is 15.5. The molecule has 2 saturated heterocycles. The van der Waals surface area contributed by atoms with Crippen LogP contribution in [0.5, 0.6) is 0 Å². The maximum Gasteiger partial charge on any atom is 0.255 e. The molecule has 0 bridgehead atoms. The third-order valence-electron chi connectivity index (χ3n) is 4.83. The molecular formula is C19H26N2O5. The van der Waals surface area contributed by atoms with Gasteiger partial charge in [0.25, 0.3) is 5.91 Å². The Balaban J connectivity index is 1.79. The minimum absolute atomic E-state index is 0.0567. The summed E-state index contributed by atoms with van der Waals surface area (Å²) < 4.78 is 10.5. The Bertz CT molecular complexity index is 677. The van der Waals surface area contributed by atoms with Gasteiger partial charge in [0.1, 0.15) is 25.0 Å². The fourth-order valence-electron chi connectivity index (χ4n) is 3.69. The molecule has 3 atom stereocenters. The Labute approximate surface area is 153 Å². The SMILES string of the molecule is CC(C)(C)C[C@H](NC(=O)c1ccoc1)C(=O)N1CCC[C@@H]2OCC(=O)[C@@H]21. The highest BCUT2D eigenvalue weighted by molar-refractivity contribution is 5.98. The monoisotopic (exact) mass is 362 g/mol. The Morgan fingerprint density at radius 1 is 1.38 bits per heavy atom. The van der Waals surface area contributed by atoms with Gasteiger partial charge in [-0.3, -0.25) is 14.4 Å². The Morgan fingerprint density at radius 3 is 2.81 bits per heavy atom. The van der Waals surface area contributed by atoms with Crippen LogP contribution < -0.4 is 5.32 Å². The first kappa shape index (κ1) is 18.6. The van der Waals surface area contributed by atoms with Gasteiger partial charge in [-0.1, -0.05) is 20.8 Å². The number of fused-ring (bicyclic) bond motifs is 1. The minimum Gasteiger partial charge on any atom is -0.472 e. The smallest absolute Gasteiger partial charge is 0.255 e. The maximum atomic E-state index is 13.2. The van der Waals surface area contributed by atoms with E-state index < -0.39 is 12.1 Å². The van der Waals surface area contributed by atoms with Gasteiger partial charge < -0.3 is 19.4 Å². The fourth-order valence-corrected chi connectivity index (χ4v) is 3.69. The molecule has 1 aromatic heterocycles. The molecule has 2 aliphatic rings. The summed E-state index contributed by atoms with van der Waals surface area (Å²) in [5, 5.41) is 2.83. The van der Waals surface area contributed by atoms with Crippen molar-refractivity contribution in [2.45, 2.75) is 58.2 Å². The van der Waals surface area contributed by atoms with Crippen molar-refractivity contribution >= 4 is 17.6 Å². The van der Waals surface area contributed by atoms with Crippen LogP contribution in [0.4, 0.5) is 0 Å². The predicted molar refractivity (Wildman–Crippen MR) is 93.5 cm³/mol. The molecule has 7 heteroatoms. The van der Waals surface area contributed by atoms with Crippen LogP contribution in [0.15, 0.2) is 23.0 Å². The van der Waals surface area contributed by atoms with Gasteiger partial charge in [0.2, 0.25) is 5.91 Å². The van der Waals surface area contributed by atoms with Crippen molar-refractivity contribution in [2.24, 2.45) is 5.41 Å². The Morgan fingerprint density at radius 2 is 2.15 bits per heavy atom. The standard InChI is InChI=1S/C19H26N2O5/c1-19(2,3)9-13(20-17(23)12-6-8-25-10-12)18(24)21-7-4-5-15-16(21)14(22)11-26-15/h6,8,10,13,15-16H,4-5,7,9,11H2,1-3H3,(H,20,23)/t13-,15-,16-/m0/s1. The predicted octanol–water partition coefficient (Wildman–Crippen LogP) is 1.77. The molecule has 26 heavy (non-hydrogen) atoms. The second-order valence-corrected chi connectivity index (χ2v) is 8.24. The highest BCUT2D eigenvalue weighted by Gasteiger charge is 2.46. The summed E-state index contributed by atoms with van der Waals surface area (Å²) in [4.78, 5) is 39.5. The minimum atomic E-state index is -0.704. The van der Waals surface area contributed by atoms with Crippen LogP contribution >= 0.6 is 0 Å². The molecule has 0 saturated carbocycles. The van der Waals surface area contributed by atoms with Crippen molar-refractivity contribution in [3.63, 3.8) is 0 Å². The van der Waals surface area contributed by atoms with Crippen molar-refractivity contribution in [1.82, 2.24) is 10.2 Å². The molecule has 0 spiro atoms. The quantitative estimate of drug-likeness (QED) is 0.882. The third kappa shape index (κ3) is 3.98. The number of carbonyl (C=O) groups excluding carboxylic acids is 3. The van der Waals surface area contributed by atoms with Gasteiger partial charge in [-0.05, 0) is 30.7 Å². The number of amides is 2. The van der Waals surface area contributed by atoms with E-state index in [1.165, 1.54) is 12.5 Å². The molecule has 2 aliphatic heterocycles. The van der Waals surface area contributed by atoms with E-state index in [9.17, 15) is 14.4 Å². The third-order valence-corrected chi connectivity index (χ3v) is 4.83. The number of ether oxygens (including phenoxy) is 1. The van der Waals surface area contributed by atoms with Gasteiger partial charge in [0.15, 0.2) is 5.78 Å². The first-order chi connectivity index (χ1) is 12.3. The van der Waals surface area contributed by atoms with Crippen LogP contribution in [0.1, 0.15) is 50.4 Å². The lowest BCUT2D eigenvalue weighted by Gasteiger charge is -2.38. The number of hydrogen-bond acceptors (Lipinski definition) is 5. The van der Waals surface area contributed by atoms with E-state index in [0.29, 0.717) is 18.5 Å². The van der Waals surface area contributed by atoms with Gasteiger partial charge in [0.05, 0.1) is 17.9 Å².